The Kier molecular flexibility index (Phi) is 7.39. The number of methoxy groups -OCH3 is 1. The highest BCUT2D eigenvalue weighted by Crippen LogP contribution is 2.23. The molecule has 2 amide bonds. The smallest absolute Gasteiger partial charge is 0.337 e. The molecule has 7 heteroatoms. The van der Waals surface area contributed by atoms with Gasteiger partial charge in [-0.15, -0.1) is 0 Å². The fourth-order valence-corrected chi connectivity index (χ4v) is 1.84. The molecule has 0 fully saturated rings. The van der Waals surface area contributed by atoms with Gasteiger partial charge in [-0.3, -0.25) is 9.59 Å². The first-order valence-electron chi connectivity index (χ1n) is 6.92. The van der Waals surface area contributed by atoms with Crippen molar-refractivity contribution < 1.29 is 19.1 Å². The second kappa shape index (κ2) is 9.04. The van der Waals surface area contributed by atoms with E-state index in [1.165, 1.54) is 25.3 Å². The minimum atomic E-state index is -0.538. The molecule has 0 atom stereocenters. The van der Waals surface area contributed by atoms with Gasteiger partial charge in [0, 0.05) is 6.54 Å². The monoisotopic (exact) mass is 326 g/mol. The summed E-state index contributed by atoms with van der Waals surface area (Å²) in [6.07, 6.45) is 1.52. The molecule has 0 heterocycles. The van der Waals surface area contributed by atoms with Gasteiger partial charge in [-0.2, -0.15) is 0 Å². The molecule has 1 aromatic carbocycles. The molecule has 0 aliphatic heterocycles. The second-order valence-electron chi connectivity index (χ2n) is 4.61. The van der Waals surface area contributed by atoms with Crippen LogP contribution in [0.2, 0.25) is 5.02 Å². The van der Waals surface area contributed by atoms with E-state index in [2.05, 4.69) is 15.4 Å². The van der Waals surface area contributed by atoms with Crippen LogP contribution in [0.3, 0.4) is 0 Å². The number of carbonyl (C=O) groups excluding carboxylic acids is 3. The Bertz CT molecular complexity index is 560. The lowest BCUT2D eigenvalue weighted by atomic mass is 10.2. The molecule has 0 radical (unpaired) electrons. The molecule has 0 aromatic heterocycles. The quantitative estimate of drug-likeness (QED) is 0.457. The van der Waals surface area contributed by atoms with E-state index >= 15 is 0 Å². The van der Waals surface area contributed by atoms with Crippen LogP contribution in [0, 0.1) is 0 Å². The standard InChI is InChI=1S/C15H19ClN2O4/c1-3-4-7-17-13(19)9-14(20)18-12-8-10(15(21)22-2)5-6-11(12)16/h5-6,8H,3-4,7,9H2,1-2H3,(H,17,19)(H,18,20). The molecule has 0 aliphatic carbocycles. The number of rotatable bonds is 7. The Morgan fingerprint density at radius 2 is 1.95 bits per heavy atom. The third kappa shape index (κ3) is 5.73. The van der Waals surface area contributed by atoms with Crippen LogP contribution in [-0.2, 0) is 14.3 Å². The minimum Gasteiger partial charge on any atom is -0.465 e. The molecule has 0 unspecified atom stereocenters. The van der Waals surface area contributed by atoms with Crippen molar-refractivity contribution in [2.45, 2.75) is 26.2 Å². The molecular formula is C15H19ClN2O4. The largest absolute Gasteiger partial charge is 0.465 e. The molecule has 1 rings (SSSR count). The van der Waals surface area contributed by atoms with Crippen molar-refractivity contribution in [2.75, 3.05) is 19.0 Å². The highest BCUT2D eigenvalue weighted by molar-refractivity contribution is 6.34. The predicted molar refractivity (Wildman–Crippen MR) is 84.0 cm³/mol. The maximum Gasteiger partial charge on any atom is 0.337 e. The van der Waals surface area contributed by atoms with Crippen LogP contribution >= 0.6 is 11.6 Å². The van der Waals surface area contributed by atoms with Crippen LogP contribution in [-0.4, -0.2) is 31.4 Å². The normalized spacial score (nSPS) is 9.95. The lowest BCUT2D eigenvalue weighted by molar-refractivity contribution is -0.126. The van der Waals surface area contributed by atoms with Crippen molar-refractivity contribution >= 4 is 35.1 Å². The van der Waals surface area contributed by atoms with Crippen molar-refractivity contribution in [3.63, 3.8) is 0 Å². The SMILES string of the molecule is CCCCNC(=O)CC(=O)Nc1cc(C(=O)OC)ccc1Cl. The molecular weight excluding hydrogens is 308 g/mol. The summed E-state index contributed by atoms with van der Waals surface area (Å²) in [5.41, 5.74) is 0.519. The lowest BCUT2D eigenvalue weighted by Crippen LogP contribution is -2.28. The summed E-state index contributed by atoms with van der Waals surface area (Å²) in [7, 11) is 1.26. The number of esters is 1. The van der Waals surface area contributed by atoms with Crippen LogP contribution in [0.5, 0.6) is 0 Å². The Balaban J connectivity index is 2.63. The number of hydrogen-bond acceptors (Lipinski definition) is 4. The number of nitrogens with one attached hydrogen (secondary N) is 2. The fourth-order valence-electron chi connectivity index (χ4n) is 1.67. The van der Waals surface area contributed by atoms with Crippen molar-refractivity contribution in [1.82, 2.24) is 5.32 Å². The van der Waals surface area contributed by atoms with Crippen molar-refractivity contribution in [3.05, 3.63) is 28.8 Å². The summed E-state index contributed by atoms with van der Waals surface area (Å²) < 4.78 is 4.60. The summed E-state index contributed by atoms with van der Waals surface area (Å²) in [6.45, 7) is 2.55. The maximum atomic E-state index is 11.8. The Hall–Kier alpha value is -2.08. The van der Waals surface area contributed by atoms with Crippen LogP contribution in [0.1, 0.15) is 36.5 Å². The van der Waals surface area contributed by atoms with E-state index in [4.69, 9.17) is 11.6 Å². The third-order valence-electron chi connectivity index (χ3n) is 2.84. The minimum absolute atomic E-state index is 0.259. The van der Waals surface area contributed by atoms with Crippen LogP contribution < -0.4 is 10.6 Å². The number of amides is 2. The summed E-state index contributed by atoms with van der Waals surface area (Å²) in [4.78, 5) is 34.8. The molecule has 0 spiro atoms. The van der Waals surface area contributed by atoms with E-state index in [1.54, 1.807) is 0 Å². The van der Waals surface area contributed by atoms with Gasteiger partial charge in [0.1, 0.15) is 6.42 Å². The van der Waals surface area contributed by atoms with Crippen molar-refractivity contribution in [1.29, 1.82) is 0 Å². The zero-order valence-electron chi connectivity index (χ0n) is 12.6. The van der Waals surface area contributed by atoms with Gasteiger partial charge < -0.3 is 15.4 Å². The zero-order chi connectivity index (χ0) is 16.5. The molecule has 1 aromatic rings. The summed E-state index contributed by atoms with van der Waals surface area (Å²) in [5, 5.41) is 5.43. The van der Waals surface area contributed by atoms with Gasteiger partial charge in [-0.05, 0) is 24.6 Å². The molecule has 120 valence electrons. The first kappa shape index (κ1) is 18.0. The van der Waals surface area contributed by atoms with E-state index in [0.29, 0.717) is 6.54 Å². The molecule has 0 bridgehead atoms. The van der Waals surface area contributed by atoms with Crippen molar-refractivity contribution in [2.24, 2.45) is 0 Å². The Labute approximate surface area is 134 Å². The van der Waals surface area contributed by atoms with Gasteiger partial charge in [-0.1, -0.05) is 24.9 Å². The Morgan fingerprint density at radius 1 is 1.23 bits per heavy atom. The molecule has 6 nitrogen and oxygen atoms in total. The maximum absolute atomic E-state index is 11.8. The van der Waals surface area contributed by atoms with Gasteiger partial charge in [0.2, 0.25) is 11.8 Å². The average molecular weight is 327 g/mol. The number of unbranched alkanes of at least 4 members (excludes halogenated alkanes) is 1. The van der Waals surface area contributed by atoms with Gasteiger partial charge in [0.15, 0.2) is 0 Å². The first-order valence-corrected chi connectivity index (χ1v) is 7.30. The van der Waals surface area contributed by atoms with E-state index in [9.17, 15) is 14.4 Å². The topological polar surface area (TPSA) is 84.5 Å². The second-order valence-corrected chi connectivity index (χ2v) is 5.02. The number of carbonyl (C=O) groups is 3. The van der Waals surface area contributed by atoms with Gasteiger partial charge in [-0.25, -0.2) is 4.79 Å². The summed E-state index contributed by atoms with van der Waals surface area (Å²) in [6, 6.07) is 4.37. The first-order chi connectivity index (χ1) is 10.5. The molecule has 0 saturated carbocycles. The number of halogens is 1. The fraction of sp³-hybridized carbons (Fsp3) is 0.400. The Morgan fingerprint density at radius 3 is 2.59 bits per heavy atom. The van der Waals surface area contributed by atoms with Gasteiger partial charge in [0.25, 0.3) is 0 Å². The number of ether oxygens (including phenoxy) is 1. The average Bonchev–Trinajstić information content (AvgIpc) is 2.48. The van der Waals surface area contributed by atoms with E-state index in [1.807, 2.05) is 6.92 Å². The van der Waals surface area contributed by atoms with Crippen LogP contribution in [0.25, 0.3) is 0 Å². The molecule has 2 N–H and O–H groups in total. The van der Waals surface area contributed by atoms with Crippen LogP contribution in [0.4, 0.5) is 5.69 Å². The number of hydrogen-bond donors (Lipinski definition) is 2. The highest BCUT2D eigenvalue weighted by atomic mass is 35.5. The molecule has 0 saturated heterocycles. The molecule has 22 heavy (non-hydrogen) atoms. The van der Waals surface area contributed by atoms with Gasteiger partial charge >= 0.3 is 5.97 Å². The van der Waals surface area contributed by atoms with E-state index in [-0.39, 0.29) is 28.6 Å². The van der Waals surface area contributed by atoms with E-state index in [0.717, 1.165) is 12.8 Å². The zero-order valence-corrected chi connectivity index (χ0v) is 13.3. The van der Waals surface area contributed by atoms with Crippen LogP contribution in [0.15, 0.2) is 18.2 Å². The van der Waals surface area contributed by atoms with Gasteiger partial charge in [0.05, 0.1) is 23.4 Å². The third-order valence-corrected chi connectivity index (χ3v) is 3.16. The highest BCUT2D eigenvalue weighted by Gasteiger charge is 2.13. The summed E-state index contributed by atoms with van der Waals surface area (Å²) in [5.74, 6) is -1.39. The van der Waals surface area contributed by atoms with Crippen molar-refractivity contribution in [3.8, 4) is 0 Å². The number of anilines is 1. The lowest BCUT2D eigenvalue weighted by Gasteiger charge is -2.09. The summed E-state index contributed by atoms with van der Waals surface area (Å²) >= 11 is 5.96. The number of benzene rings is 1. The molecule has 0 aliphatic rings. The predicted octanol–water partition coefficient (Wildman–Crippen LogP) is 2.37. The van der Waals surface area contributed by atoms with E-state index < -0.39 is 11.9 Å².